The number of benzene rings is 1. The minimum absolute atomic E-state index is 0.157. The van der Waals surface area contributed by atoms with E-state index >= 15 is 0 Å². The summed E-state index contributed by atoms with van der Waals surface area (Å²) in [7, 11) is 0. The quantitative estimate of drug-likeness (QED) is 0.779. The van der Waals surface area contributed by atoms with E-state index in [1.165, 1.54) is 6.42 Å². The van der Waals surface area contributed by atoms with E-state index in [9.17, 15) is 4.79 Å². The molecule has 0 unspecified atom stereocenters. The fourth-order valence-electron chi connectivity index (χ4n) is 3.60. The van der Waals surface area contributed by atoms with Crippen molar-refractivity contribution in [3.63, 3.8) is 0 Å². The molecule has 1 fully saturated rings. The van der Waals surface area contributed by atoms with Crippen molar-refractivity contribution in [2.24, 2.45) is 0 Å². The van der Waals surface area contributed by atoms with Crippen molar-refractivity contribution in [3.05, 3.63) is 17.7 Å². The maximum absolute atomic E-state index is 12.4. The number of amides is 1. The van der Waals surface area contributed by atoms with Gasteiger partial charge in [-0.15, -0.1) is 0 Å². The van der Waals surface area contributed by atoms with Crippen molar-refractivity contribution in [2.75, 3.05) is 18.5 Å². The second kappa shape index (κ2) is 3.89. The van der Waals surface area contributed by atoms with Gasteiger partial charge in [0.1, 0.15) is 13.2 Å². The Bertz CT molecular complexity index is 547. The zero-order chi connectivity index (χ0) is 12.9. The number of fused-ring (bicyclic) bond motifs is 3. The molecule has 1 N–H and O–H groups in total. The van der Waals surface area contributed by atoms with Crippen LogP contribution in [0.15, 0.2) is 12.1 Å². The number of rotatable bonds is 0. The molecule has 1 aromatic carbocycles. The highest BCUT2D eigenvalue weighted by Crippen LogP contribution is 2.50. The van der Waals surface area contributed by atoms with Crippen LogP contribution in [0, 0.1) is 0 Å². The van der Waals surface area contributed by atoms with E-state index in [4.69, 9.17) is 9.47 Å². The van der Waals surface area contributed by atoms with Crippen molar-refractivity contribution in [1.29, 1.82) is 0 Å². The molecular formula is C15H17NO3. The van der Waals surface area contributed by atoms with Crippen LogP contribution < -0.4 is 14.8 Å². The van der Waals surface area contributed by atoms with E-state index < -0.39 is 0 Å². The third kappa shape index (κ3) is 1.49. The first-order valence-corrected chi connectivity index (χ1v) is 7.05. The molecule has 0 aromatic heterocycles. The molecule has 2 heterocycles. The average molecular weight is 259 g/mol. The van der Waals surface area contributed by atoms with E-state index in [0.717, 1.165) is 48.4 Å². The first kappa shape index (κ1) is 11.1. The van der Waals surface area contributed by atoms with Gasteiger partial charge in [-0.2, -0.15) is 0 Å². The molecule has 1 aliphatic carbocycles. The van der Waals surface area contributed by atoms with Crippen molar-refractivity contribution in [2.45, 2.75) is 37.5 Å². The van der Waals surface area contributed by atoms with Crippen LogP contribution in [0.25, 0.3) is 0 Å². The Hall–Kier alpha value is -1.71. The highest BCUT2D eigenvalue weighted by atomic mass is 16.6. The van der Waals surface area contributed by atoms with E-state index in [-0.39, 0.29) is 11.3 Å². The van der Waals surface area contributed by atoms with Gasteiger partial charge in [0.05, 0.1) is 5.41 Å². The van der Waals surface area contributed by atoms with Crippen LogP contribution in [-0.4, -0.2) is 19.1 Å². The number of hydrogen-bond donors (Lipinski definition) is 1. The molecule has 0 atom stereocenters. The molecule has 0 bridgehead atoms. The standard InChI is InChI=1S/C15H17NO3/c17-14-15(4-2-1-3-5-15)10-8-12-13(9-11(10)16-14)19-7-6-18-12/h8-9H,1-7H2,(H,16,17). The van der Waals surface area contributed by atoms with Gasteiger partial charge in [0.2, 0.25) is 5.91 Å². The molecule has 1 saturated carbocycles. The number of ether oxygens (including phenoxy) is 2. The Balaban J connectivity index is 1.84. The second-order valence-corrected chi connectivity index (χ2v) is 5.64. The lowest BCUT2D eigenvalue weighted by Gasteiger charge is -2.32. The highest BCUT2D eigenvalue weighted by Gasteiger charge is 2.47. The zero-order valence-corrected chi connectivity index (χ0v) is 10.8. The molecule has 4 rings (SSSR count). The summed E-state index contributed by atoms with van der Waals surface area (Å²) < 4.78 is 11.2. The van der Waals surface area contributed by atoms with Gasteiger partial charge in [0.25, 0.3) is 0 Å². The number of anilines is 1. The third-order valence-corrected chi connectivity index (χ3v) is 4.59. The van der Waals surface area contributed by atoms with Crippen molar-refractivity contribution < 1.29 is 14.3 Å². The number of carbonyl (C=O) groups is 1. The Morgan fingerprint density at radius 2 is 1.68 bits per heavy atom. The summed E-state index contributed by atoms with van der Waals surface area (Å²) in [5.41, 5.74) is 1.71. The topological polar surface area (TPSA) is 47.6 Å². The molecule has 100 valence electrons. The van der Waals surface area contributed by atoms with Gasteiger partial charge in [0.15, 0.2) is 11.5 Å². The van der Waals surface area contributed by atoms with Gasteiger partial charge in [-0.1, -0.05) is 19.3 Å². The van der Waals surface area contributed by atoms with Gasteiger partial charge < -0.3 is 14.8 Å². The van der Waals surface area contributed by atoms with Crippen LogP contribution in [0.3, 0.4) is 0 Å². The molecule has 4 nitrogen and oxygen atoms in total. The largest absolute Gasteiger partial charge is 0.486 e. The maximum Gasteiger partial charge on any atom is 0.235 e. The van der Waals surface area contributed by atoms with E-state index in [1.54, 1.807) is 0 Å². The van der Waals surface area contributed by atoms with Crippen molar-refractivity contribution >= 4 is 11.6 Å². The summed E-state index contributed by atoms with van der Waals surface area (Å²) in [5.74, 6) is 1.69. The Morgan fingerprint density at radius 1 is 1.00 bits per heavy atom. The molecular weight excluding hydrogens is 242 g/mol. The summed E-state index contributed by atoms with van der Waals surface area (Å²) in [4.78, 5) is 12.4. The Labute approximate surface area is 112 Å². The second-order valence-electron chi connectivity index (χ2n) is 5.64. The van der Waals surface area contributed by atoms with E-state index in [2.05, 4.69) is 5.32 Å². The van der Waals surface area contributed by atoms with Gasteiger partial charge in [-0.3, -0.25) is 4.79 Å². The first-order chi connectivity index (χ1) is 9.29. The van der Waals surface area contributed by atoms with Gasteiger partial charge in [-0.05, 0) is 24.5 Å². The normalized spacial score (nSPS) is 23.1. The summed E-state index contributed by atoms with van der Waals surface area (Å²) in [6, 6.07) is 3.94. The Morgan fingerprint density at radius 3 is 2.42 bits per heavy atom. The first-order valence-electron chi connectivity index (χ1n) is 7.05. The lowest BCUT2D eigenvalue weighted by Crippen LogP contribution is -2.36. The minimum Gasteiger partial charge on any atom is -0.486 e. The van der Waals surface area contributed by atoms with Crippen LogP contribution in [0.1, 0.15) is 37.7 Å². The fraction of sp³-hybridized carbons (Fsp3) is 0.533. The minimum atomic E-state index is -0.316. The maximum atomic E-state index is 12.4. The zero-order valence-electron chi connectivity index (χ0n) is 10.8. The van der Waals surface area contributed by atoms with Crippen LogP contribution in [0.5, 0.6) is 11.5 Å². The van der Waals surface area contributed by atoms with Crippen LogP contribution in [-0.2, 0) is 10.2 Å². The lowest BCUT2D eigenvalue weighted by atomic mass is 9.70. The van der Waals surface area contributed by atoms with Crippen LogP contribution in [0.4, 0.5) is 5.69 Å². The van der Waals surface area contributed by atoms with Crippen molar-refractivity contribution in [1.82, 2.24) is 0 Å². The summed E-state index contributed by atoms with van der Waals surface area (Å²) >= 11 is 0. The van der Waals surface area contributed by atoms with E-state index in [0.29, 0.717) is 13.2 Å². The highest BCUT2D eigenvalue weighted by molar-refractivity contribution is 6.06. The summed E-state index contributed by atoms with van der Waals surface area (Å²) in [5, 5.41) is 3.03. The molecule has 1 amide bonds. The van der Waals surface area contributed by atoms with E-state index in [1.807, 2.05) is 12.1 Å². The fourth-order valence-corrected chi connectivity index (χ4v) is 3.60. The average Bonchev–Trinajstić information content (AvgIpc) is 2.70. The smallest absolute Gasteiger partial charge is 0.235 e. The monoisotopic (exact) mass is 259 g/mol. The lowest BCUT2D eigenvalue weighted by molar-refractivity contribution is -0.121. The molecule has 19 heavy (non-hydrogen) atoms. The molecule has 0 radical (unpaired) electrons. The summed E-state index contributed by atoms with van der Waals surface area (Å²) in [6.07, 6.45) is 5.38. The molecule has 3 aliphatic rings. The number of carbonyl (C=O) groups excluding carboxylic acids is 1. The van der Waals surface area contributed by atoms with Crippen LogP contribution >= 0.6 is 0 Å². The molecule has 0 saturated heterocycles. The SMILES string of the molecule is O=C1Nc2cc3c(cc2C12CCCCC2)OCCO3. The summed E-state index contributed by atoms with van der Waals surface area (Å²) in [6.45, 7) is 1.16. The van der Waals surface area contributed by atoms with Gasteiger partial charge >= 0.3 is 0 Å². The van der Waals surface area contributed by atoms with Crippen molar-refractivity contribution in [3.8, 4) is 11.5 Å². The predicted octanol–water partition coefficient (Wildman–Crippen LogP) is 2.61. The number of nitrogens with one attached hydrogen (secondary N) is 1. The van der Waals surface area contributed by atoms with Crippen LogP contribution in [0.2, 0.25) is 0 Å². The van der Waals surface area contributed by atoms with Gasteiger partial charge in [0, 0.05) is 11.8 Å². The van der Waals surface area contributed by atoms with Gasteiger partial charge in [-0.25, -0.2) is 0 Å². The predicted molar refractivity (Wildman–Crippen MR) is 70.8 cm³/mol. The molecule has 2 aliphatic heterocycles. The Kier molecular flexibility index (Phi) is 2.28. The molecule has 1 spiro atoms. The third-order valence-electron chi connectivity index (χ3n) is 4.59. The molecule has 4 heteroatoms. The number of hydrogen-bond acceptors (Lipinski definition) is 3. The molecule has 1 aromatic rings.